The Morgan fingerprint density at radius 2 is 2.46 bits per heavy atom. The van der Waals surface area contributed by atoms with E-state index in [2.05, 4.69) is 5.32 Å². The molecule has 0 radical (unpaired) electrons. The molecule has 0 fully saturated rings. The van der Waals surface area contributed by atoms with Gasteiger partial charge in [-0.3, -0.25) is 4.79 Å². The van der Waals surface area contributed by atoms with Crippen LogP contribution in [0.1, 0.15) is 18.7 Å². The molecule has 0 saturated heterocycles. The van der Waals surface area contributed by atoms with Crippen LogP contribution in [0.2, 0.25) is 0 Å². The van der Waals surface area contributed by atoms with Gasteiger partial charge in [-0.2, -0.15) is 0 Å². The Kier molecular flexibility index (Phi) is 3.71. The van der Waals surface area contributed by atoms with E-state index in [1.165, 1.54) is 4.88 Å². The van der Waals surface area contributed by atoms with E-state index < -0.39 is 0 Å². The minimum atomic E-state index is 0.0101. The van der Waals surface area contributed by atoms with Gasteiger partial charge in [0.1, 0.15) is 0 Å². The minimum absolute atomic E-state index is 0.0101. The summed E-state index contributed by atoms with van der Waals surface area (Å²) in [6.45, 7) is 4.30. The number of carbonyl (C=O) groups excluding carboxylic acids is 1. The van der Waals surface area contributed by atoms with Crippen LogP contribution in [0.5, 0.6) is 0 Å². The van der Waals surface area contributed by atoms with Gasteiger partial charge in [0.25, 0.3) is 0 Å². The molecule has 0 unspecified atom stereocenters. The topological polar surface area (TPSA) is 29.1 Å². The zero-order valence-corrected chi connectivity index (χ0v) is 8.65. The highest BCUT2D eigenvalue weighted by molar-refractivity contribution is 7.09. The van der Waals surface area contributed by atoms with Crippen LogP contribution in [0.4, 0.5) is 0 Å². The zero-order valence-electron chi connectivity index (χ0n) is 7.83. The molecule has 0 spiro atoms. The predicted octanol–water partition coefficient (Wildman–Crippen LogP) is 2.33. The molecule has 1 aromatic heterocycles. The monoisotopic (exact) mass is 195 g/mol. The molecule has 3 heteroatoms. The second-order valence-corrected chi connectivity index (χ2v) is 3.77. The summed E-state index contributed by atoms with van der Waals surface area (Å²) >= 11 is 1.65. The lowest BCUT2D eigenvalue weighted by Crippen LogP contribution is -2.22. The fraction of sp³-hybridized carbons (Fsp3) is 0.300. The smallest absolute Gasteiger partial charge is 0.246 e. The number of allylic oxidation sites excluding steroid dienone is 1. The molecule has 0 aliphatic rings. The average molecular weight is 195 g/mol. The van der Waals surface area contributed by atoms with E-state index in [9.17, 15) is 4.79 Å². The second-order valence-electron chi connectivity index (χ2n) is 2.73. The lowest BCUT2D eigenvalue weighted by Gasteiger charge is -2.02. The SMILES string of the molecule is C/C=C(/C)C(=O)NCc1cccs1. The zero-order chi connectivity index (χ0) is 9.68. The van der Waals surface area contributed by atoms with Gasteiger partial charge in [0.2, 0.25) is 5.91 Å². The molecule has 1 N–H and O–H groups in total. The summed E-state index contributed by atoms with van der Waals surface area (Å²) in [6, 6.07) is 3.99. The van der Waals surface area contributed by atoms with Gasteiger partial charge in [0, 0.05) is 10.5 Å². The second kappa shape index (κ2) is 4.82. The molecule has 70 valence electrons. The number of nitrogens with one attached hydrogen (secondary N) is 1. The molecule has 1 aromatic rings. The third-order valence-electron chi connectivity index (χ3n) is 1.79. The van der Waals surface area contributed by atoms with Gasteiger partial charge in [-0.25, -0.2) is 0 Å². The summed E-state index contributed by atoms with van der Waals surface area (Å²) in [7, 11) is 0. The van der Waals surface area contributed by atoms with Gasteiger partial charge < -0.3 is 5.32 Å². The Hall–Kier alpha value is -1.09. The summed E-state index contributed by atoms with van der Waals surface area (Å²) in [4.78, 5) is 12.5. The molecule has 0 aliphatic carbocycles. The van der Waals surface area contributed by atoms with Crippen molar-refractivity contribution in [2.75, 3.05) is 0 Å². The van der Waals surface area contributed by atoms with Crippen molar-refractivity contribution in [3.8, 4) is 0 Å². The fourth-order valence-corrected chi connectivity index (χ4v) is 1.50. The van der Waals surface area contributed by atoms with Crippen LogP contribution < -0.4 is 5.32 Å². The van der Waals surface area contributed by atoms with E-state index in [0.29, 0.717) is 6.54 Å². The summed E-state index contributed by atoms with van der Waals surface area (Å²) in [5.74, 6) is 0.0101. The van der Waals surface area contributed by atoms with E-state index in [-0.39, 0.29) is 5.91 Å². The van der Waals surface area contributed by atoms with Crippen LogP contribution >= 0.6 is 11.3 Å². The first-order valence-electron chi connectivity index (χ1n) is 4.17. The van der Waals surface area contributed by atoms with Crippen molar-refractivity contribution < 1.29 is 4.79 Å². The molecule has 1 rings (SSSR count). The molecular formula is C10H13NOS. The first-order chi connectivity index (χ1) is 6.24. The molecule has 0 saturated carbocycles. The van der Waals surface area contributed by atoms with Crippen LogP contribution in [-0.2, 0) is 11.3 Å². The average Bonchev–Trinajstić information content (AvgIpc) is 2.65. The molecule has 1 amide bonds. The van der Waals surface area contributed by atoms with Crippen LogP contribution in [0.3, 0.4) is 0 Å². The summed E-state index contributed by atoms with van der Waals surface area (Å²) in [6.07, 6.45) is 1.81. The van der Waals surface area contributed by atoms with Crippen molar-refractivity contribution in [3.05, 3.63) is 34.0 Å². The number of hydrogen-bond acceptors (Lipinski definition) is 2. The number of carbonyl (C=O) groups is 1. The summed E-state index contributed by atoms with van der Waals surface area (Å²) in [5, 5.41) is 4.84. The summed E-state index contributed by atoms with van der Waals surface area (Å²) in [5.41, 5.74) is 0.761. The number of rotatable bonds is 3. The van der Waals surface area contributed by atoms with Crippen LogP contribution in [0.15, 0.2) is 29.2 Å². The highest BCUT2D eigenvalue weighted by Gasteiger charge is 2.01. The maximum Gasteiger partial charge on any atom is 0.246 e. The third kappa shape index (κ3) is 3.03. The molecule has 0 atom stereocenters. The molecular weight excluding hydrogens is 182 g/mol. The van der Waals surface area contributed by atoms with Crippen molar-refractivity contribution in [1.82, 2.24) is 5.32 Å². The van der Waals surface area contributed by atoms with Crippen molar-refractivity contribution in [3.63, 3.8) is 0 Å². The minimum Gasteiger partial charge on any atom is -0.347 e. The van der Waals surface area contributed by atoms with Gasteiger partial charge in [0.15, 0.2) is 0 Å². The maximum absolute atomic E-state index is 11.3. The van der Waals surface area contributed by atoms with Gasteiger partial charge in [-0.15, -0.1) is 11.3 Å². The predicted molar refractivity (Wildman–Crippen MR) is 55.6 cm³/mol. The van der Waals surface area contributed by atoms with Crippen LogP contribution in [0, 0.1) is 0 Å². The van der Waals surface area contributed by atoms with Crippen molar-refractivity contribution >= 4 is 17.2 Å². The Labute approximate surface area is 82.3 Å². The van der Waals surface area contributed by atoms with E-state index in [0.717, 1.165) is 5.57 Å². The van der Waals surface area contributed by atoms with Crippen molar-refractivity contribution in [1.29, 1.82) is 0 Å². The molecule has 0 bridgehead atoms. The highest BCUT2D eigenvalue weighted by Crippen LogP contribution is 2.07. The van der Waals surface area contributed by atoms with Gasteiger partial charge >= 0.3 is 0 Å². The third-order valence-corrected chi connectivity index (χ3v) is 2.67. The van der Waals surface area contributed by atoms with Crippen molar-refractivity contribution in [2.45, 2.75) is 20.4 Å². The maximum atomic E-state index is 11.3. The molecule has 2 nitrogen and oxygen atoms in total. The lowest BCUT2D eigenvalue weighted by molar-refractivity contribution is -0.117. The van der Waals surface area contributed by atoms with E-state index >= 15 is 0 Å². The molecule has 0 aliphatic heterocycles. The Morgan fingerprint density at radius 1 is 1.69 bits per heavy atom. The normalized spacial score (nSPS) is 11.4. The first kappa shape index (κ1) is 9.99. The van der Waals surface area contributed by atoms with Crippen LogP contribution in [0.25, 0.3) is 0 Å². The molecule has 0 aromatic carbocycles. The van der Waals surface area contributed by atoms with Gasteiger partial charge in [0.05, 0.1) is 6.54 Å². The Balaban J connectivity index is 2.40. The van der Waals surface area contributed by atoms with E-state index in [1.807, 2.05) is 37.4 Å². The van der Waals surface area contributed by atoms with Gasteiger partial charge in [-0.05, 0) is 25.3 Å². The van der Waals surface area contributed by atoms with E-state index in [1.54, 1.807) is 11.3 Å². The molecule has 1 heterocycles. The Bertz CT molecular complexity index is 301. The van der Waals surface area contributed by atoms with Crippen LogP contribution in [-0.4, -0.2) is 5.91 Å². The van der Waals surface area contributed by atoms with Crippen molar-refractivity contribution in [2.24, 2.45) is 0 Å². The largest absolute Gasteiger partial charge is 0.347 e. The van der Waals surface area contributed by atoms with Gasteiger partial charge in [-0.1, -0.05) is 12.1 Å². The van der Waals surface area contributed by atoms with E-state index in [4.69, 9.17) is 0 Å². The lowest BCUT2D eigenvalue weighted by atomic mass is 10.3. The number of thiophene rings is 1. The summed E-state index contributed by atoms with van der Waals surface area (Å²) < 4.78 is 0. The quantitative estimate of drug-likeness (QED) is 0.737. The first-order valence-corrected chi connectivity index (χ1v) is 5.05. The number of hydrogen-bond donors (Lipinski definition) is 1. The fourth-order valence-electron chi connectivity index (χ4n) is 0.851. The number of amides is 1. The standard InChI is InChI=1S/C10H13NOS/c1-3-8(2)10(12)11-7-9-5-4-6-13-9/h3-6H,7H2,1-2H3,(H,11,12)/b8-3-. The highest BCUT2D eigenvalue weighted by atomic mass is 32.1. The molecule has 13 heavy (non-hydrogen) atoms. The Morgan fingerprint density at radius 3 is 3.00 bits per heavy atom.